The molecule has 8 aromatic carbocycles. The number of nitrogens with two attached hydrogens (primary N) is 2. The lowest BCUT2D eigenvalue weighted by Crippen LogP contribution is -2.11. The van der Waals surface area contributed by atoms with Crippen LogP contribution in [0.15, 0.2) is 197 Å². The molecule has 0 saturated carbocycles. The van der Waals surface area contributed by atoms with Crippen molar-refractivity contribution in [3.63, 3.8) is 0 Å². The second-order valence-electron chi connectivity index (χ2n) is 23.5. The monoisotopic (exact) mass is 1280 g/mol. The zero-order valence-corrected chi connectivity index (χ0v) is 52.8. The van der Waals surface area contributed by atoms with E-state index in [1.165, 1.54) is 11.1 Å². The second kappa shape index (κ2) is 27.0. The number of oxazole rings is 2. The van der Waals surface area contributed by atoms with Crippen LogP contribution in [0.3, 0.4) is 0 Å². The second-order valence-corrected chi connectivity index (χ2v) is 26.2. The van der Waals surface area contributed by atoms with Gasteiger partial charge in [0.25, 0.3) is 0 Å². The predicted octanol–water partition coefficient (Wildman–Crippen LogP) is 19.7. The molecule has 10 rings (SSSR count). The maximum absolute atomic E-state index is 10.1. The van der Waals surface area contributed by atoms with Crippen LogP contribution in [-0.2, 0) is 21.7 Å². The van der Waals surface area contributed by atoms with Gasteiger partial charge in [0.15, 0.2) is 11.2 Å². The summed E-state index contributed by atoms with van der Waals surface area (Å²) < 4.78 is 14.7. The molecule has 81 heavy (non-hydrogen) atoms. The molecule has 0 amide bonds. The summed E-state index contributed by atoms with van der Waals surface area (Å²) in [6.07, 6.45) is 2.58. The van der Waals surface area contributed by atoms with Crippen LogP contribution in [0.1, 0.15) is 121 Å². The number of carbonyl (C=O) groups is 1. The van der Waals surface area contributed by atoms with E-state index in [9.17, 15) is 15.0 Å². The minimum atomic E-state index is 0.0373. The van der Waals surface area contributed by atoms with Gasteiger partial charge in [-0.25, -0.2) is 9.97 Å². The van der Waals surface area contributed by atoms with E-state index in [4.69, 9.17) is 20.3 Å². The van der Waals surface area contributed by atoms with E-state index >= 15 is 0 Å². The molecule has 2 aromatic heterocycles. The lowest BCUT2D eigenvalue weighted by atomic mass is 9.87. The van der Waals surface area contributed by atoms with Crippen molar-refractivity contribution in [1.82, 2.24) is 9.97 Å². The maximum Gasteiger partial charge on any atom is 0.227 e. The first-order chi connectivity index (χ1) is 38.0. The van der Waals surface area contributed by atoms with E-state index in [1.807, 2.05) is 121 Å². The standard InChI is InChI=1S/C17H16BrNO.C17H18BrNO.C17H18N2O.C10H15NO.C7H5BrO/c1-17(2,3)12-6-9-15-14(10-12)19-16(20-15)11-4-7-13(18)8-5-11;1-17(2,3)13-6-9-16(20)15(10-13)19-11-12-4-7-14(18)8-5-12;1-17(2,3)12-6-9-15-14(10-12)19-16(20-15)11-4-7-13(18)8-5-11;1-10(2,3)7-4-5-9(12)8(11)6-7;8-7-3-1-6(5-9)2-4-7/h4-10H,1-3H3;4-11,20H,1-3H3;4-10H,18H2,1-3H3;4-6,12H,11H2,1-3H3;1-5H. The molecule has 0 radical (unpaired) electrons. The number of benzene rings is 8. The summed E-state index contributed by atoms with van der Waals surface area (Å²) in [6, 6.07) is 53.9. The van der Waals surface area contributed by atoms with Crippen molar-refractivity contribution >= 4 is 99.6 Å². The van der Waals surface area contributed by atoms with Crippen molar-refractivity contribution < 1.29 is 23.8 Å². The highest BCUT2D eigenvalue weighted by Gasteiger charge is 2.19. The lowest BCUT2D eigenvalue weighted by Gasteiger charge is -2.19. The summed E-state index contributed by atoms with van der Waals surface area (Å²) in [7, 11) is 0. The third-order valence-electron chi connectivity index (χ3n) is 12.7. The van der Waals surface area contributed by atoms with Gasteiger partial charge in [0.1, 0.15) is 34.5 Å². The molecule has 6 N–H and O–H groups in total. The number of rotatable bonds is 5. The van der Waals surface area contributed by atoms with Crippen molar-refractivity contribution in [3.8, 4) is 34.4 Å². The molecular weight excluding hydrogens is 1210 g/mol. The van der Waals surface area contributed by atoms with Gasteiger partial charge in [-0.05, 0) is 171 Å². The molecule has 0 saturated heterocycles. The Balaban J connectivity index is 0.000000168. The average Bonchev–Trinajstić information content (AvgIpc) is 4.07. The van der Waals surface area contributed by atoms with Crippen molar-refractivity contribution in [2.75, 3.05) is 11.5 Å². The molecule has 0 bridgehead atoms. The van der Waals surface area contributed by atoms with Gasteiger partial charge in [-0.3, -0.25) is 9.79 Å². The number of carbonyl (C=O) groups excluding carboxylic acids is 1. The highest BCUT2D eigenvalue weighted by atomic mass is 79.9. The molecule has 0 atom stereocenters. The summed E-state index contributed by atoms with van der Waals surface area (Å²) in [5.41, 5.74) is 25.3. The molecule has 10 nitrogen and oxygen atoms in total. The molecule has 0 aliphatic rings. The van der Waals surface area contributed by atoms with E-state index in [1.54, 1.807) is 30.5 Å². The number of aromatic nitrogens is 2. The van der Waals surface area contributed by atoms with Crippen molar-refractivity contribution in [2.24, 2.45) is 4.99 Å². The Bertz CT molecular complexity index is 3580. The number of anilines is 2. The van der Waals surface area contributed by atoms with Crippen LogP contribution in [-0.4, -0.2) is 32.7 Å². The quantitative estimate of drug-likeness (QED) is 0.0566. The van der Waals surface area contributed by atoms with Gasteiger partial charge >= 0.3 is 0 Å². The third kappa shape index (κ3) is 18.6. The lowest BCUT2D eigenvalue weighted by molar-refractivity contribution is 0.112. The molecule has 0 spiro atoms. The zero-order valence-electron chi connectivity index (χ0n) is 48.1. The summed E-state index contributed by atoms with van der Waals surface area (Å²) in [5.74, 6) is 1.65. The average molecular weight is 1280 g/mol. The number of halogens is 3. The van der Waals surface area contributed by atoms with Crippen molar-refractivity contribution in [1.29, 1.82) is 0 Å². The highest BCUT2D eigenvalue weighted by Crippen LogP contribution is 2.35. The van der Waals surface area contributed by atoms with Crippen LogP contribution in [0.5, 0.6) is 11.5 Å². The fourth-order valence-corrected chi connectivity index (χ4v) is 8.39. The topological polar surface area (TPSA) is 174 Å². The third-order valence-corrected chi connectivity index (χ3v) is 14.3. The van der Waals surface area contributed by atoms with Crippen LogP contribution in [0, 0.1) is 0 Å². The van der Waals surface area contributed by atoms with Gasteiger partial charge in [-0.2, -0.15) is 0 Å². The molecule has 0 fully saturated rings. The first kappa shape index (κ1) is 62.9. The number of aldehydes is 1. The molecular formula is C68H72Br3N5O5. The van der Waals surface area contributed by atoms with Crippen LogP contribution in [0.4, 0.5) is 17.1 Å². The van der Waals surface area contributed by atoms with Crippen molar-refractivity contribution in [3.05, 3.63) is 217 Å². The number of phenolic OH excluding ortho intramolecular Hbond substituents is 2. The number of nitrogen functional groups attached to an aromatic ring is 2. The first-order valence-electron chi connectivity index (χ1n) is 26.3. The SMILES string of the molecule is CC(C)(C)c1ccc(O)c(N)c1.CC(C)(C)c1ccc(O)c(N=Cc2ccc(Br)cc2)c1.CC(C)(C)c1ccc2oc(-c3ccc(Br)cc3)nc2c1.CC(C)(C)c1ccc2oc(-c3ccc(N)cc3)nc2c1.O=Cc1ccc(Br)cc1. The molecule has 10 aromatic rings. The summed E-state index contributed by atoms with van der Waals surface area (Å²) in [4.78, 5) is 23.7. The molecule has 420 valence electrons. The summed E-state index contributed by atoms with van der Waals surface area (Å²) in [6.45, 7) is 25.9. The number of fused-ring (bicyclic) bond motifs is 2. The molecule has 2 heterocycles. The predicted molar refractivity (Wildman–Crippen MR) is 347 cm³/mol. The van der Waals surface area contributed by atoms with Gasteiger partial charge < -0.3 is 30.5 Å². The smallest absolute Gasteiger partial charge is 0.227 e. The first-order valence-corrected chi connectivity index (χ1v) is 28.7. The number of hydrogen-bond donors (Lipinski definition) is 4. The van der Waals surface area contributed by atoms with E-state index in [0.29, 0.717) is 28.7 Å². The highest BCUT2D eigenvalue weighted by molar-refractivity contribution is 9.11. The Morgan fingerprint density at radius 2 is 0.802 bits per heavy atom. The number of aliphatic imine (C=N–C) groups is 1. The Morgan fingerprint density at radius 1 is 0.444 bits per heavy atom. The summed E-state index contributed by atoms with van der Waals surface area (Å²) in [5, 5.41) is 19.1. The normalized spacial score (nSPS) is 11.6. The zero-order chi connectivity index (χ0) is 59.5. The Kier molecular flexibility index (Phi) is 20.9. The van der Waals surface area contributed by atoms with Crippen LogP contribution < -0.4 is 11.5 Å². The van der Waals surface area contributed by atoms with E-state index < -0.39 is 0 Å². The van der Waals surface area contributed by atoms with Crippen LogP contribution in [0.2, 0.25) is 0 Å². The fraction of sp³-hybridized carbons (Fsp3) is 0.235. The largest absolute Gasteiger partial charge is 0.506 e. The number of hydrogen-bond acceptors (Lipinski definition) is 10. The van der Waals surface area contributed by atoms with Gasteiger partial charge in [0.2, 0.25) is 11.8 Å². The summed E-state index contributed by atoms with van der Waals surface area (Å²) >= 11 is 10.1. The van der Waals surface area contributed by atoms with Gasteiger partial charge in [0.05, 0.1) is 5.69 Å². The minimum absolute atomic E-state index is 0.0373. The minimum Gasteiger partial charge on any atom is -0.506 e. The van der Waals surface area contributed by atoms with Gasteiger partial charge in [-0.15, -0.1) is 0 Å². The van der Waals surface area contributed by atoms with Gasteiger partial charge in [-0.1, -0.05) is 179 Å². The van der Waals surface area contributed by atoms with E-state index in [0.717, 1.165) is 75.4 Å². The molecule has 0 aliphatic heterocycles. The van der Waals surface area contributed by atoms with E-state index in [-0.39, 0.29) is 33.2 Å². The Morgan fingerprint density at radius 3 is 1.21 bits per heavy atom. The molecule has 0 aliphatic carbocycles. The number of nitrogens with zero attached hydrogens (tertiary/aromatic N) is 3. The molecule has 0 unspecified atom stereocenters. The van der Waals surface area contributed by atoms with Crippen LogP contribution >= 0.6 is 47.8 Å². The van der Waals surface area contributed by atoms with Crippen molar-refractivity contribution in [2.45, 2.75) is 105 Å². The van der Waals surface area contributed by atoms with E-state index in [2.05, 4.69) is 170 Å². The fourth-order valence-electron chi connectivity index (χ4n) is 7.60. The number of aromatic hydroxyl groups is 2. The number of phenols is 2. The van der Waals surface area contributed by atoms with Crippen LogP contribution in [0.25, 0.3) is 45.1 Å². The maximum atomic E-state index is 10.1. The Labute approximate surface area is 502 Å². The molecule has 13 heteroatoms. The Hall–Kier alpha value is -7.32. The van der Waals surface area contributed by atoms with Gasteiger partial charge in [0, 0.05) is 42.0 Å².